The zero-order valence-corrected chi connectivity index (χ0v) is 11.9. The van der Waals surface area contributed by atoms with Crippen molar-refractivity contribution in [1.82, 2.24) is 9.71 Å². The summed E-state index contributed by atoms with van der Waals surface area (Å²) in [5.74, 6) is 2.59. The Balaban J connectivity index is 2.09. The predicted octanol–water partition coefficient (Wildman–Crippen LogP) is 1.15. The highest BCUT2D eigenvalue weighted by molar-refractivity contribution is 7.99. The van der Waals surface area contributed by atoms with Crippen LogP contribution in [0.25, 0.3) is 0 Å². The van der Waals surface area contributed by atoms with Gasteiger partial charge in [-0.15, -0.1) is 0 Å². The molecule has 5 nitrogen and oxygen atoms in total. The van der Waals surface area contributed by atoms with Crippen LogP contribution in [0.4, 0.5) is 5.69 Å². The van der Waals surface area contributed by atoms with E-state index in [4.69, 9.17) is 0 Å². The van der Waals surface area contributed by atoms with E-state index in [9.17, 15) is 8.42 Å². The van der Waals surface area contributed by atoms with Crippen molar-refractivity contribution in [2.24, 2.45) is 5.92 Å². The van der Waals surface area contributed by atoms with Crippen molar-refractivity contribution in [1.29, 1.82) is 0 Å². The molecule has 1 aliphatic heterocycles. The van der Waals surface area contributed by atoms with Crippen LogP contribution in [-0.2, 0) is 10.0 Å². The van der Waals surface area contributed by atoms with Gasteiger partial charge in [-0.05, 0) is 36.0 Å². The lowest BCUT2D eigenvalue weighted by Gasteiger charge is -2.12. The summed E-state index contributed by atoms with van der Waals surface area (Å²) in [4.78, 5) is 3.95. The number of nitrogens with one attached hydrogen (secondary N) is 2. The third kappa shape index (κ3) is 3.15. The summed E-state index contributed by atoms with van der Waals surface area (Å²) in [5.41, 5.74) is 0.519. The number of hydrogen-bond donors (Lipinski definition) is 2. The first kappa shape index (κ1) is 13.6. The van der Waals surface area contributed by atoms with Gasteiger partial charge in [0.05, 0.1) is 5.69 Å². The van der Waals surface area contributed by atoms with Crippen LogP contribution in [0.15, 0.2) is 23.4 Å². The third-order valence-corrected chi connectivity index (χ3v) is 5.49. The molecule has 7 heteroatoms. The summed E-state index contributed by atoms with van der Waals surface area (Å²) in [6.45, 7) is 0.495. The normalized spacial score (nSPS) is 19.9. The molecule has 2 rings (SSSR count). The van der Waals surface area contributed by atoms with Crippen molar-refractivity contribution in [2.45, 2.75) is 11.4 Å². The minimum atomic E-state index is -3.52. The minimum Gasteiger partial charge on any atom is -0.386 e. The fraction of sp³-hybridized carbons (Fsp3) is 0.545. The standard InChI is InChI=1S/C11H17N3O2S2/c1-12-10-3-2-5-13-11(10)18(15,16)14-7-9-4-6-17-8-9/h2-3,5,9,12,14H,4,6-8H2,1H3. The summed E-state index contributed by atoms with van der Waals surface area (Å²) >= 11 is 1.87. The van der Waals surface area contributed by atoms with Gasteiger partial charge in [-0.3, -0.25) is 0 Å². The van der Waals surface area contributed by atoms with Gasteiger partial charge in [-0.1, -0.05) is 0 Å². The Morgan fingerprint density at radius 3 is 3.06 bits per heavy atom. The fourth-order valence-electron chi connectivity index (χ4n) is 1.84. The highest BCUT2D eigenvalue weighted by atomic mass is 32.2. The molecule has 1 saturated heterocycles. The van der Waals surface area contributed by atoms with Crippen LogP contribution in [-0.4, -0.2) is 38.5 Å². The van der Waals surface area contributed by atoms with Crippen molar-refractivity contribution in [3.8, 4) is 0 Å². The number of rotatable bonds is 5. The second kappa shape index (κ2) is 5.90. The minimum absolute atomic E-state index is 0.0677. The van der Waals surface area contributed by atoms with Crippen LogP contribution in [0.1, 0.15) is 6.42 Å². The topological polar surface area (TPSA) is 71.1 Å². The average Bonchev–Trinajstić information content (AvgIpc) is 2.89. The zero-order valence-electron chi connectivity index (χ0n) is 10.2. The molecule has 1 aliphatic rings. The Hall–Kier alpha value is -0.790. The summed E-state index contributed by atoms with van der Waals surface area (Å²) in [6, 6.07) is 3.41. The molecule has 0 saturated carbocycles. The molecule has 100 valence electrons. The molecule has 0 spiro atoms. The molecule has 0 amide bonds. The molecule has 1 aromatic heterocycles. The fourth-order valence-corrected chi connectivity index (χ4v) is 4.37. The number of aromatic nitrogens is 1. The molecular weight excluding hydrogens is 270 g/mol. The summed E-state index contributed by atoms with van der Waals surface area (Å²) < 4.78 is 26.9. The van der Waals surface area contributed by atoms with E-state index in [1.165, 1.54) is 6.20 Å². The summed E-state index contributed by atoms with van der Waals surface area (Å²) in [7, 11) is -1.84. The number of thioether (sulfide) groups is 1. The highest BCUT2D eigenvalue weighted by Gasteiger charge is 2.22. The maximum absolute atomic E-state index is 12.1. The number of pyridine rings is 1. The van der Waals surface area contributed by atoms with Crippen LogP contribution in [0, 0.1) is 5.92 Å². The van der Waals surface area contributed by atoms with Crippen molar-refractivity contribution < 1.29 is 8.42 Å². The van der Waals surface area contributed by atoms with Crippen LogP contribution < -0.4 is 10.0 Å². The van der Waals surface area contributed by atoms with Crippen LogP contribution in [0.3, 0.4) is 0 Å². The lowest BCUT2D eigenvalue weighted by Crippen LogP contribution is -2.30. The van der Waals surface area contributed by atoms with Crippen molar-refractivity contribution in [2.75, 3.05) is 30.4 Å². The van der Waals surface area contributed by atoms with Gasteiger partial charge < -0.3 is 5.32 Å². The zero-order chi connectivity index (χ0) is 13.0. The van der Waals surface area contributed by atoms with E-state index in [-0.39, 0.29) is 5.03 Å². The molecule has 0 aromatic carbocycles. The maximum atomic E-state index is 12.1. The van der Waals surface area contributed by atoms with Gasteiger partial charge in [0.15, 0.2) is 5.03 Å². The van der Waals surface area contributed by atoms with Gasteiger partial charge in [0, 0.05) is 19.8 Å². The first-order valence-corrected chi connectivity index (χ1v) is 8.47. The van der Waals surface area contributed by atoms with Crippen LogP contribution in [0.5, 0.6) is 0 Å². The largest absolute Gasteiger partial charge is 0.386 e. The van der Waals surface area contributed by atoms with Gasteiger partial charge in [0.25, 0.3) is 10.0 Å². The maximum Gasteiger partial charge on any atom is 0.260 e. The number of anilines is 1. The van der Waals surface area contributed by atoms with Gasteiger partial charge in [0.2, 0.25) is 0 Å². The van der Waals surface area contributed by atoms with Gasteiger partial charge in [-0.25, -0.2) is 18.1 Å². The Bertz CT molecular complexity index is 499. The first-order valence-electron chi connectivity index (χ1n) is 5.83. The number of sulfonamides is 1. The van der Waals surface area contributed by atoms with E-state index in [0.717, 1.165) is 17.9 Å². The molecule has 18 heavy (non-hydrogen) atoms. The van der Waals surface area contributed by atoms with Gasteiger partial charge in [0.1, 0.15) is 0 Å². The Kier molecular flexibility index (Phi) is 4.47. The molecule has 1 atom stereocenters. The van der Waals surface area contributed by atoms with E-state index in [2.05, 4.69) is 15.0 Å². The van der Waals surface area contributed by atoms with E-state index < -0.39 is 10.0 Å². The lowest BCUT2D eigenvalue weighted by molar-refractivity contribution is 0.543. The summed E-state index contributed by atoms with van der Waals surface area (Å²) in [6.07, 6.45) is 2.56. The van der Waals surface area contributed by atoms with Gasteiger partial charge >= 0.3 is 0 Å². The van der Waals surface area contributed by atoms with Crippen LogP contribution >= 0.6 is 11.8 Å². The molecular formula is C11H17N3O2S2. The second-order valence-corrected chi connectivity index (χ2v) is 7.02. The quantitative estimate of drug-likeness (QED) is 0.850. The molecule has 1 fully saturated rings. The predicted molar refractivity (Wildman–Crippen MR) is 74.4 cm³/mol. The van der Waals surface area contributed by atoms with E-state index >= 15 is 0 Å². The van der Waals surface area contributed by atoms with Crippen LogP contribution in [0.2, 0.25) is 0 Å². The van der Waals surface area contributed by atoms with Crippen molar-refractivity contribution >= 4 is 27.5 Å². The Morgan fingerprint density at radius 1 is 1.56 bits per heavy atom. The SMILES string of the molecule is CNc1cccnc1S(=O)(=O)NCC1CCSC1. The van der Waals surface area contributed by atoms with E-state index in [1.54, 1.807) is 19.2 Å². The molecule has 1 aromatic rings. The van der Waals surface area contributed by atoms with Crippen molar-refractivity contribution in [3.05, 3.63) is 18.3 Å². The van der Waals surface area contributed by atoms with Gasteiger partial charge in [-0.2, -0.15) is 11.8 Å². The second-order valence-electron chi connectivity index (χ2n) is 4.19. The molecule has 1 unspecified atom stereocenters. The molecule has 0 bridgehead atoms. The highest BCUT2D eigenvalue weighted by Crippen LogP contribution is 2.23. The van der Waals surface area contributed by atoms with E-state index in [0.29, 0.717) is 18.2 Å². The molecule has 0 radical (unpaired) electrons. The molecule has 2 N–H and O–H groups in total. The third-order valence-electron chi connectivity index (χ3n) is 2.88. The Morgan fingerprint density at radius 2 is 2.39 bits per heavy atom. The van der Waals surface area contributed by atoms with E-state index in [1.807, 2.05) is 11.8 Å². The molecule has 0 aliphatic carbocycles. The first-order chi connectivity index (χ1) is 8.63. The Labute approximate surface area is 112 Å². The van der Waals surface area contributed by atoms with Crippen molar-refractivity contribution in [3.63, 3.8) is 0 Å². The average molecular weight is 287 g/mol. The molecule has 2 heterocycles. The summed E-state index contributed by atoms with van der Waals surface area (Å²) in [5, 5.41) is 2.91. The number of nitrogens with zero attached hydrogens (tertiary/aromatic N) is 1. The number of hydrogen-bond acceptors (Lipinski definition) is 5. The monoisotopic (exact) mass is 287 g/mol. The lowest BCUT2D eigenvalue weighted by atomic mass is 10.1. The smallest absolute Gasteiger partial charge is 0.260 e.